The molecule has 118 valence electrons. The lowest BCUT2D eigenvalue weighted by atomic mass is 10.1. The summed E-state index contributed by atoms with van der Waals surface area (Å²) in [6.45, 7) is 0.116. The second-order valence-electron chi connectivity index (χ2n) is 4.33. The van der Waals surface area contributed by atoms with E-state index in [1.54, 1.807) is 12.1 Å². The lowest BCUT2D eigenvalue weighted by molar-refractivity contribution is -0.153. The summed E-state index contributed by atoms with van der Waals surface area (Å²) in [7, 11) is 1.39. The van der Waals surface area contributed by atoms with Gasteiger partial charge >= 0.3 is 6.18 Å². The molecule has 0 aliphatic rings. The molecule has 0 saturated heterocycles. The van der Waals surface area contributed by atoms with Crippen molar-refractivity contribution < 1.29 is 26.4 Å². The highest BCUT2D eigenvalue weighted by Crippen LogP contribution is 2.19. The molecule has 0 aliphatic carbocycles. The third-order valence-electron chi connectivity index (χ3n) is 2.53. The molecular formula is C12H13ClF3NO3S. The van der Waals surface area contributed by atoms with Crippen LogP contribution in [0.4, 0.5) is 13.2 Å². The Balaban J connectivity index is 2.35. The van der Waals surface area contributed by atoms with Crippen LogP contribution >= 0.6 is 10.7 Å². The van der Waals surface area contributed by atoms with Crippen molar-refractivity contribution in [2.45, 2.75) is 30.3 Å². The Bertz CT molecular complexity index is 585. The Kier molecular flexibility index (Phi) is 6.03. The standard InChI is InChI=1S/C12H13ClF3NO3S/c13-21(19,20)10-5-3-9(4-6-10)2-1-7-17-11(18)8-12(14,15)16/h3-6H,1-2,7-8H2,(H,17,18). The molecule has 1 N–H and O–H groups in total. The van der Waals surface area contributed by atoms with Crippen molar-refractivity contribution in [1.29, 1.82) is 0 Å². The number of carbonyl (C=O) groups excluding carboxylic acids is 1. The maximum Gasteiger partial charge on any atom is 0.397 e. The first-order valence-corrected chi connectivity index (χ1v) is 8.26. The summed E-state index contributed by atoms with van der Waals surface area (Å²) in [5.41, 5.74) is 0.795. The summed E-state index contributed by atoms with van der Waals surface area (Å²) in [6.07, 6.45) is -5.06. The van der Waals surface area contributed by atoms with E-state index < -0.39 is 27.6 Å². The minimum absolute atomic E-state index is 0.0219. The van der Waals surface area contributed by atoms with E-state index in [0.29, 0.717) is 12.8 Å². The highest BCUT2D eigenvalue weighted by molar-refractivity contribution is 8.13. The van der Waals surface area contributed by atoms with Gasteiger partial charge < -0.3 is 5.32 Å². The van der Waals surface area contributed by atoms with Gasteiger partial charge in [0.2, 0.25) is 5.91 Å². The molecule has 9 heteroatoms. The fraction of sp³-hybridized carbons (Fsp3) is 0.417. The Hall–Kier alpha value is -1.28. The maximum absolute atomic E-state index is 11.9. The number of alkyl halides is 3. The van der Waals surface area contributed by atoms with Crippen molar-refractivity contribution in [2.75, 3.05) is 6.54 Å². The van der Waals surface area contributed by atoms with E-state index in [1.165, 1.54) is 12.1 Å². The van der Waals surface area contributed by atoms with Gasteiger partial charge in [-0.25, -0.2) is 8.42 Å². The van der Waals surface area contributed by atoms with E-state index in [-0.39, 0.29) is 11.4 Å². The number of amides is 1. The molecule has 4 nitrogen and oxygen atoms in total. The average Bonchev–Trinajstić information content (AvgIpc) is 2.32. The maximum atomic E-state index is 11.9. The molecule has 0 spiro atoms. The molecule has 1 rings (SSSR count). The fourth-order valence-corrected chi connectivity index (χ4v) is 2.35. The molecule has 0 unspecified atom stereocenters. The zero-order chi connectivity index (χ0) is 16.1. The highest BCUT2D eigenvalue weighted by atomic mass is 35.7. The third-order valence-corrected chi connectivity index (χ3v) is 3.90. The van der Waals surface area contributed by atoms with Crippen molar-refractivity contribution in [2.24, 2.45) is 0 Å². The third kappa shape index (κ3) is 7.33. The fourth-order valence-electron chi connectivity index (χ4n) is 1.58. The van der Waals surface area contributed by atoms with Crippen molar-refractivity contribution >= 4 is 25.6 Å². The van der Waals surface area contributed by atoms with Crippen LogP contribution in [0.5, 0.6) is 0 Å². The number of hydrogen-bond acceptors (Lipinski definition) is 3. The summed E-state index contributed by atoms with van der Waals surface area (Å²) in [6, 6.07) is 5.82. The number of halogens is 4. The minimum Gasteiger partial charge on any atom is -0.356 e. The smallest absolute Gasteiger partial charge is 0.356 e. The molecule has 1 aromatic rings. The number of carbonyl (C=O) groups is 1. The minimum atomic E-state index is -4.51. The number of hydrogen-bond donors (Lipinski definition) is 1. The Morgan fingerprint density at radius 3 is 2.24 bits per heavy atom. The number of rotatable bonds is 6. The first-order chi connectivity index (χ1) is 9.58. The lowest BCUT2D eigenvalue weighted by Crippen LogP contribution is -2.29. The molecule has 0 aromatic heterocycles. The number of aryl methyl sites for hydroxylation is 1. The van der Waals surface area contributed by atoms with Crippen LogP contribution in [0.25, 0.3) is 0 Å². The van der Waals surface area contributed by atoms with Crippen LogP contribution in [0.3, 0.4) is 0 Å². The molecule has 0 atom stereocenters. The molecule has 0 bridgehead atoms. The highest BCUT2D eigenvalue weighted by Gasteiger charge is 2.30. The van der Waals surface area contributed by atoms with E-state index in [2.05, 4.69) is 5.32 Å². The van der Waals surface area contributed by atoms with E-state index in [9.17, 15) is 26.4 Å². The number of benzene rings is 1. The number of nitrogens with one attached hydrogen (secondary N) is 1. The molecule has 0 aliphatic heterocycles. The van der Waals surface area contributed by atoms with Crippen molar-refractivity contribution in [3.05, 3.63) is 29.8 Å². The topological polar surface area (TPSA) is 63.2 Å². The summed E-state index contributed by atoms with van der Waals surface area (Å²) in [5, 5.41) is 2.17. The van der Waals surface area contributed by atoms with E-state index in [1.807, 2.05) is 0 Å². The van der Waals surface area contributed by atoms with Gasteiger partial charge in [0.25, 0.3) is 9.05 Å². The summed E-state index contributed by atoms with van der Waals surface area (Å²) >= 11 is 0. The van der Waals surface area contributed by atoms with Crippen molar-refractivity contribution in [3.8, 4) is 0 Å². The van der Waals surface area contributed by atoms with Crippen molar-refractivity contribution in [1.82, 2.24) is 5.32 Å². The summed E-state index contributed by atoms with van der Waals surface area (Å²) in [5.74, 6) is -1.06. The molecular weight excluding hydrogens is 331 g/mol. The van der Waals surface area contributed by atoms with Crippen LogP contribution in [0, 0.1) is 0 Å². The largest absolute Gasteiger partial charge is 0.397 e. The molecule has 0 radical (unpaired) electrons. The second-order valence-corrected chi connectivity index (χ2v) is 6.89. The van der Waals surface area contributed by atoms with Gasteiger partial charge in [0, 0.05) is 17.2 Å². The monoisotopic (exact) mass is 343 g/mol. The van der Waals surface area contributed by atoms with Crippen LogP contribution in [-0.2, 0) is 20.3 Å². The normalized spacial score (nSPS) is 12.2. The van der Waals surface area contributed by atoms with Gasteiger partial charge in [-0.15, -0.1) is 0 Å². The van der Waals surface area contributed by atoms with Gasteiger partial charge in [0.15, 0.2) is 0 Å². The zero-order valence-electron chi connectivity index (χ0n) is 10.8. The Morgan fingerprint density at radius 1 is 1.19 bits per heavy atom. The molecule has 1 amide bonds. The van der Waals surface area contributed by atoms with E-state index in [0.717, 1.165) is 5.56 Å². The Labute approximate surface area is 124 Å². The first-order valence-electron chi connectivity index (χ1n) is 5.95. The Morgan fingerprint density at radius 2 is 1.76 bits per heavy atom. The molecule has 0 fully saturated rings. The molecule has 21 heavy (non-hydrogen) atoms. The van der Waals surface area contributed by atoms with Gasteiger partial charge in [0.1, 0.15) is 6.42 Å². The van der Waals surface area contributed by atoms with Crippen LogP contribution < -0.4 is 5.32 Å². The zero-order valence-corrected chi connectivity index (χ0v) is 12.4. The van der Waals surface area contributed by atoms with Crippen LogP contribution in [0.1, 0.15) is 18.4 Å². The second kappa shape index (κ2) is 7.13. The van der Waals surface area contributed by atoms with E-state index in [4.69, 9.17) is 10.7 Å². The lowest BCUT2D eigenvalue weighted by Gasteiger charge is -2.07. The quantitative estimate of drug-likeness (QED) is 0.638. The van der Waals surface area contributed by atoms with E-state index >= 15 is 0 Å². The summed E-state index contributed by atoms with van der Waals surface area (Å²) < 4.78 is 57.7. The van der Waals surface area contributed by atoms with Gasteiger partial charge in [-0.05, 0) is 30.5 Å². The summed E-state index contributed by atoms with van der Waals surface area (Å²) in [4.78, 5) is 10.9. The van der Waals surface area contributed by atoms with Crippen LogP contribution in [0.15, 0.2) is 29.2 Å². The SMILES string of the molecule is O=C(CC(F)(F)F)NCCCc1ccc(S(=O)(=O)Cl)cc1. The van der Waals surface area contributed by atoms with Gasteiger partial charge in [-0.2, -0.15) is 13.2 Å². The van der Waals surface area contributed by atoms with Gasteiger partial charge in [-0.3, -0.25) is 4.79 Å². The van der Waals surface area contributed by atoms with Crippen molar-refractivity contribution in [3.63, 3.8) is 0 Å². The predicted octanol–water partition coefficient (Wildman–Crippen LogP) is 2.62. The molecule has 0 saturated carbocycles. The average molecular weight is 344 g/mol. The van der Waals surface area contributed by atoms with Crippen LogP contribution in [0.2, 0.25) is 0 Å². The van der Waals surface area contributed by atoms with Gasteiger partial charge in [-0.1, -0.05) is 12.1 Å². The molecule has 0 heterocycles. The molecule has 1 aromatic carbocycles. The van der Waals surface area contributed by atoms with Crippen LogP contribution in [-0.4, -0.2) is 27.0 Å². The first kappa shape index (κ1) is 17.8. The van der Waals surface area contributed by atoms with Gasteiger partial charge in [0.05, 0.1) is 4.90 Å². The predicted molar refractivity (Wildman–Crippen MR) is 71.5 cm³/mol.